The summed E-state index contributed by atoms with van der Waals surface area (Å²) in [6.45, 7) is 0. The molecule has 0 aliphatic heterocycles. The molecule has 0 atom stereocenters. The van der Waals surface area contributed by atoms with Gasteiger partial charge in [0.2, 0.25) is 0 Å². The van der Waals surface area contributed by atoms with Gasteiger partial charge in [-0.25, -0.2) is 0 Å². The van der Waals surface area contributed by atoms with Crippen LogP contribution in [0.4, 0.5) is 13.2 Å². The van der Waals surface area contributed by atoms with Gasteiger partial charge in [0.1, 0.15) is 0 Å². The molecule has 0 aliphatic carbocycles. The molecule has 0 aromatic heterocycles. The van der Waals surface area contributed by atoms with Gasteiger partial charge in [0.25, 0.3) is 0 Å². The summed E-state index contributed by atoms with van der Waals surface area (Å²) in [7, 11) is 0. The lowest BCUT2D eigenvalue weighted by Crippen LogP contribution is -2.10. The first-order chi connectivity index (χ1) is 7.27. The van der Waals surface area contributed by atoms with Crippen molar-refractivity contribution in [3.63, 3.8) is 0 Å². The van der Waals surface area contributed by atoms with Gasteiger partial charge in [-0.05, 0) is 34.7 Å². The molecule has 0 aliphatic rings. The highest BCUT2D eigenvalue weighted by Crippen LogP contribution is 2.38. The predicted octanol–water partition coefficient (Wildman–Crippen LogP) is 4.54. The van der Waals surface area contributed by atoms with Gasteiger partial charge in [-0.1, -0.05) is 27.5 Å². The molecule has 0 spiro atoms. The van der Waals surface area contributed by atoms with Crippen LogP contribution in [0.2, 0.25) is 5.02 Å². The summed E-state index contributed by atoms with van der Waals surface area (Å²) in [6.07, 6.45) is -4.51. The molecule has 0 heterocycles. The van der Waals surface area contributed by atoms with Crippen LogP contribution in [0.25, 0.3) is 0 Å². The molecule has 0 saturated carbocycles. The SMILES string of the molecule is O=C(CBr)c1cc(Cl)c(C(F)(F)F)c(I)c1. The molecule has 0 amide bonds. The third-order valence-corrected chi connectivity index (χ3v) is 3.43. The second-order valence-electron chi connectivity index (χ2n) is 2.87. The second kappa shape index (κ2) is 5.22. The minimum Gasteiger partial charge on any atom is -0.293 e. The van der Waals surface area contributed by atoms with Crippen molar-refractivity contribution in [3.8, 4) is 0 Å². The summed E-state index contributed by atoms with van der Waals surface area (Å²) in [4.78, 5) is 11.3. The van der Waals surface area contributed by atoms with Crippen LogP contribution in [-0.4, -0.2) is 11.1 Å². The second-order valence-corrected chi connectivity index (χ2v) is 5.00. The Balaban J connectivity index is 3.34. The van der Waals surface area contributed by atoms with Gasteiger partial charge < -0.3 is 0 Å². The number of ketones is 1. The van der Waals surface area contributed by atoms with E-state index in [1.54, 1.807) is 0 Å². The Morgan fingerprint density at radius 2 is 2.00 bits per heavy atom. The molecule has 0 saturated heterocycles. The van der Waals surface area contributed by atoms with Crippen LogP contribution >= 0.6 is 50.1 Å². The molecule has 0 N–H and O–H groups in total. The van der Waals surface area contributed by atoms with Crippen LogP contribution in [0.5, 0.6) is 0 Å². The van der Waals surface area contributed by atoms with Crippen molar-refractivity contribution in [2.45, 2.75) is 6.18 Å². The number of hydrogen-bond donors (Lipinski definition) is 0. The predicted molar refractivity (Wildman–Crippen MR) is 67.3 cm³/mol. The Kier molecular flexibility index (Phi) is 4.65. The van der Waals surface area contributed by atoms with E-state index < -0.39 is 16.8 Å². The Morgan fingerprint density at radius 3 is 2.38 bits per heavy atom. The van der Waals surface area contributed by atoms with Crippen LogP contribution < -0.4 is 0 Å². The van der Waals surface area contributed by atoms with Crippen molar-refractivity contribution in [2.24, 2.45) is 0 Å². The van der Waals surface area contributed by atoms with E-state index in [4.69, 9.17) is 11.6 Å². The number of Topliss-reactive ketones (excluding diaryl/α,β-unsaturated/α-hetero) is 1. The van der Waals surface area contributed by atoms with E-state index in [0.29, 0.717) is 0 Å². The van der Waals surface area contributed by atoms with Gasteiger partial charge in [0.05, 0.1) is 15.9 Å². The number of carbonyl (C=O) groups excluding carboxylic acids is 1. The number of hydrogen-bond acceptors (Lipinski definition) is 1. The van der Waals surface area contributed by atoms with E-state index in [1.807, 2.05) is 0 Å². The van der Waals surface area contributed by atoms with Gasteiger partial charge in [-0.2, -0.15) is 13.2 Å². The molecule has 0 radical (unpaired) electrons. The average molecular weight is 427 g/mol. The maximum absolute atomic E-state index is 12.5. The Bertz CT molecular complexity index is 410. The van der Waals surface area contributed by atoms with Crippen molar-refractivity contribution in [3.05, 3.63) is 31.9 Å². The third-order valence-electron chi connectivity index (χ3n) is 1.77. The zero-order chi connectivity index (χ0) is 12.5. The molecule has 1 aromatic carbocycles. The Hall–Kier alpha value is 0.180. The molecular formula is C9H4BrClF3IO. The quantitative estimate of drug-likeness (QED) is 0.385. The highest BCUT2D eigenvalue weighted by atomic mass is 127. The zero-order valence-electron chi connectivity index (χ0n) is 7.54. The normalized spacial score (nSPS) is 11.6. The molecule has 1 aromatic rings. The first-order valence-electron chi connectivity index (χ1n) is 3.92. The van der Waals surface area contributed by atoms with Crippen LogP contribution in [0, 0.1) is 3.57 Å². The molecule has 0 fully saturated rings. The van der Waals surface area contributed by atoms with Gasteiger partial charge in [-0.15, -0.1) is 0 Å². The molecular weight excluding hydrogens is 423 g/mol. The molecule has 88 valence electrons. The van der Waals surface area contributed by atoms with Crippen molar-refractivity contribution in [2.75, 3.05) is 5.33 Å². The zero-order valence-corrected chi connectivity index (χ0v) is 12.0. The smallest absolute Gasteiger partial charge is 0.293 e. The van der Waals surface area contributed by atoms with Crippen molar-refractivity contribution in [1.82, 2.24) is 0 Å². The number of carbonyl (C=O) groups is 1. The Labute approximate surface area is 117 Å². The van der Waals surface area contributed by atoms with E-state index in [0.717, 1.165) is 6.07 Å². The summed E-state index contributed by atoms with van der Waals surface area (Å²) in [6, 6.07) is 2.22. The van der Waals surface area contributed by atoms with Crippen LogP contribution in [-0.2, 0) is 6.18 Å². The molecule has 1 rings (SSSR count). The highest BCUT2D eigenvalue weighted by Gasteiger charge is 2.36. The largest absolute Gasteiger partial charge is 0.418 e. The summed E-state index contributed by atoms with van der Waals surface area (Å²) in [5, 5.41) is -0.409. The topological polar surface area (TPSA) is 17.1 Å². The van der Waals surface area contributed by atoms with E-state index in [9.17, 15) is 18.0 Å². The number of rotatable bonds is 2. The maximum Gasteiger partial charge on any atom is 0.418 e. The van der Waals surface area contributed by atoms with Crippen LogP contribution in [0.3, 0.4) is 0 Å². The summed E-state index contributed by atoms with van der Waals surface area (Å²) < 4.78 is 37.5. The Morgan fingerprint density at radius 1 is 1.44 bits per heavy atom. The van der Waals surface area contributed by atoms with Crippen molar-refractivity contribution in [1.29, 1.82) is 0 Å². The number of alkyl halides is 4. The number of halogens is 6. The summed E-state index contributed by atoms with van der Waals surface area (Å²) in [5.74, 6) is -0.312. The molecule has 16 heavy (non-hydrogen) atoms. The fraction of sp³-hybridized carbons (Fsp3) is 0.222. The first kappa shape index (κ1) is 14.2. The van der Waals surface area contributed by atoms with E-state index in [1.165, 1.54) is 28.7 Å². The first-order valence-corrected chi connectivity index (χ1v) is 6.50. The average Bonchev–Trinajstić information content (AvgIpc) is 2.13. The molecule has 7 heteroatoms. The number of benzene rings is 1. The highest BCUT2D eigenvalue weighted by molar-refractivity contribution is 14.1. The lowest BCUT2D eigenvalue weighted by molar-refractivity contribution is -0.138. The molecule has 0 unspecified atom stereocenters. The van der Waals surface area contributed by atoms with Crippen molar-refractivity contribution < 1.29 is 18.0 Å². The van der Waals surface area contributed by atoms with Crippen LogP contribution in [0.1, 0.15) is 15.9 Å². The molecule has 0 bridgehead atoms. The minimum atomic E-state index is -4.51. The van der Waals surface area contributed by atoms with Gasteiger partial charge >= 0.3 is 6.18 Å². The van der Waals surface area contributed by atoms with E-state index >= 15 is 0 Å². The lowest BCUT2D eigenvalue weighted by atomic mass is 10.1. The van der Waals surface area contributed by atoms with Gasteiger partial charge in [0, 0.05) is 9.13 Å². The fourth-order valence-corrected chi connectivity index (χ4v) is 2.82. The van der Waals surface area contributed by atoms with E-state index in [-0.39, 0.29) is 20.2 Å². The minimum absolute atomic E-state index is 0.0464. The summed E-state index contributed by atoms with van der Waals surface area (Å²) >= 11 is 9.98. The maximum atomic E-state index is 12.5. The van der Waals surface area contributed by atoms with Crippen LogP contribution in [0.15, 0.2) is 12.1 Å². The van der Waals surface area contributed by atoms with Gasteiger partial charge in [-0.3, -0.25) is 4.79 Å². The van der Waals surface area contributed by atoms with Crippen molar-refractivity contribution >= 4 is 55.9 Å². The molecule has 1 nitrogen and oxygen atoms in total. The monoisotopic (exact) mass is 426 g/mol. The standard InChI is InChI=1S/C9H4BrClF3IO/c10-3-7(16)4-1-5(11)8(6(15)2-4)9(12,13)14/h1-2H,3H2. The van der Waals surface area contributed by atoms with Gasteiger partial charge in [0.15, 0.2) is 5.78 Å². The summed E-state index contributed by atoms with van der Waals surface area (Å²) in [5.41, 5.74) is -0.736. The third kappa shape index (κ3) is 3.10. The lowest BCUT2D eigenvalue weighted by Gasteiger charge is -2.12. The fourth-order valence-electron chi connectivity index (χ4n) is 1.08. The van der Waals surface area contributed by atoms with E-state index in [2.05, 4.69) is 15.9 Å².